The molecule has 1 fully saturated rings. The van der Waals surface area contributed by atoms with Gasteiger partial charge in [-0.2, -0.15) is 5.10 Å². The summed E-state index contributed by atoms with van der Waals surface area (Å²) < 4.78 is 10.9. The molecule has 1 amide bonds. The van der Waals surface area contributed by atoms with E-state index in [1.807, 2.05) is 54.0 Å². The Morgan fingerprint density at radius 2 is 1.86 bits per heavy atom. The van der Waals surface area contributed by atoms with Crippen molar-refractivity contribution in [1.29, 1.82) is 0 Å². The molecule has 5 rings (SSSR count). The minimum atomic E-state index is -0.186. The summed E-state index contributed by atoms with van der Waals surface area (Å²) in [5, 5.41) is 8.51. The van der Waals surface area contributed by atoms with Gasteiger partial charge in [0, 0.05) is 38.8 Å². The van der Waals surface area contributed by atoms with Gasteiger partial charge in [-0.15, -0.1) is 11.3 Å². The SMILES string of the molecule is COc1ccc([C@H]2CC(c3cccs3)=NN2C(=O)CN2CCN(c3ccccn3)CC2)cc1OC. The van der Waals surface area contributed by atoms with Gasteiger partial charge in [0.2, 0.25) is 0 Å². The molecule has 2 aliphatic rings. The third-order valence-electron chi connectivity index (χ3n) is 6.47. The van der Waals surface area contributed by atoms with E-state index in [1.165, 1.54) is 0 Å². The second kappa shape index (κ2) is 10.5. The van der Waals surface area contributed by atoms with Gasteiger partial charge in [0.15, 0.2) is 11.5 Å². The zero-order valence-corrected chi connectivity index (χ0v) is 20.8. The number of benzene rings is 1. The summed E-state index contributed by atoms with van der Waals surface area (Å²) in [6, 6.07) is 15.7. The normalized spacial score (nSPS) is 18.5. The minimum Gasteiger partial charge on any atom is -0.493 e. The number of ether oxygens (including phenoxy) is 2. The molecule has 1 saturated heterocycles. The number of pyridine rings is 1. The number of hydrogen-bond acceptors (Lipinski definition) is 8. The van der Waals surface area contributed by atoms with Crippen LogP contribution in [-0.4, -0.2) is 73.5 Å². The highest BCUT2D eigenvalue weighted by Crippen LogP contribution is 2.38. The van der Waals surface area contributed by atoms with Crippen LogP contribution in [0.1, 0.15) is 22.9 Å². The van der Waals surface area contributed by atoms with Crippen LogP contribution in [0.25, 0.3) is 0 Å². The van der Waals surface area contributed by atoms with Gasteiger partial charge in [-0.1, -0.05) is 18.2 Å². The molecule has 0 saturated carbocycles. The number of nitrogens with zero attached hydrogens (tertiary/aromatic N) is 5. The van der Waals surface area contributed by atoms with Gasteiger partial charge in [0.05, 0.1) is 37.4 Å². The van der Waals surface area contributed by atoms with Crippen LogP contribution in [0, 0.1) is 0 Å². The molecule has 2 aliphatic heterocycles. The molecule has 0 radical (unpaired) electrons. The fourth-order valence-corrected chi connectivity index (χ4v) is 5.31. The lowest BCUT2D eigenvalue weighted by Crippen LogP contribution is -2.49. The Hall–Kier alpha value is -3.43. The molecule has 3 aromatic rings. The molecule has 2 aromatic heterocycles. The molecule has 182 valence electrons. The van der Waals surface area contributed by atoms with Crippen molar-refractivity contribution < 1.29 is 14.3 Å². The van der Waals surface area contributed by atoms with Crippen LogP contribution in [0.4, 0.5) is 5.82 Å². The van der Waals surface area contributed by atoms with E-state index in [0.717, 1.165) is 48.1 Å². The quantitative estimate of drug-likeness (QED) is 0.502. The summed E-state index contributed by atoms with van der Waals surface area (Å²) in [6.45, 7) is 3.62. The Labute approximate surface area is 209 Å². The van der Waals surface area contributed by atoms with Gasteiger partial charge in [0.1, 0.15) is 5.82 Å². The van der Waals surface area contributed by atoms with Crippen molar-refractivity contribution in [2.24, 2.45) is 5.10 Å². The van der Waals surface area contributed by atoms with E-state index >= 15 is 0 Å². The Bertz CT molecular complexity index is 1180. The first-order valence-corrected chi connectivity index (χ1v) is 12.6. The number of anilines is 1. The number of rotatable bonds is 7. The number of carbonyl (C=O) groups is 1. The number of hydrazone groups is 1. The second-order valence-electron chi connectivity index (χ2n) is 8.55. The standard InChI is InChI=1S/C26H29N5O3S/c1-33-22-9-8-19(16-23(22)34-2)21-17-20(24-6-5-15-35-24)28-31(21)26(32)18-29-11-13-30(14-12-29)25-7-3-4-10-27-25/h3-10,15-16,21H,11-14,17-18H2,1-2H3/t21-/m1/s1. The molecule has 1 atom stereocenters. The van der Waals surface area contributed by atoms with Gasteiger partial charge in [0.25, 0.3) is 5.91 Å². The average molecular weight is 492 g/mol. The predicted octanol–water partition coefficient (Wildman–Crippen LogP) is 3.66. The summed E-state index contributed by atoms with van der Waals surface area (Å²) in [7, 11) is 3.24. The van der Waals surface area contributed by atoms with Crippen LogP contribution in [0.3, 0.4) is 0 Å². The molecule has 8 nitrogen and oxygen atoms in total. The van der Waals surface area contributed by atoms with Crippen molar-refractivity contribution in [3.63, 3.8) is 0 Å². The molecule has 1 aromatic carbocycles. The maximum atomic E-state index is 13.5. The number of amides is 1. The number of hydrogen-bond donors (Lipinski definition) is 0. The van der Waals surface area contributed by atoms with E-state index in [-0.39, 0.29) is 11.9 Å². The Morgan fingerprint density at radius 3 is 2.54 bits per heavy atom. The van der Waals surface area contributed by atoms with Crippen LogP contribution in [-0.2, 0) is 4.79 Å². The van der Waals surface area contributed by atoms with Crippen LogP contribution in [0.2, 0.25) is 0 Å². The number of thiophene rings is 1. The third kappa shape index (κ3) is 5.01. The van der Waals surface area contributed by atoms with E-state index < -0.39 is 0 Å². The zero-order valence-electron chi connectivity index (χ0n) is 20.0. The van der Waals surface area contributed by atoms with Crippen molar-refractivity contribution >= 4 is 28.8 Å². The Balaban J connectivity index is 1.32. The highest BCUT2D eigenvalue weighted by atomic mass is 32.1. The number of carbonyl (C=O) groups excluding carboxylic acids is 1. The summed E-state index contributed by atoms with van der Waals surface area (Å²) in [6.07, 6.45) is 2.48. The summed E-state index contributed by atoms with van der Waals surface area (Å²) >= 11 is 1.64. The molecule has 0 aliphatic carbocycles. The van der Waals surface area contributed by atoms with Gasteiger partial charge in [-0.3, -0.25) is 9.69 Å². The van der Waals surface area contributed by atoms with Crippen LogP contribution < -0.4 is 14.4 Å². The van der Waals surface area contributed by atoms with E-state index in [4.69, 9.17) is 14.6 Å². The number of aromatic nitrogens is 1. The predicted molar refractivity (Wildman–Crippen MR) is 137 cm³/mol. The molecule has 0 unspecified atom stereocenters. The van der Waals surface area contributed by atoms with Crippen molar-refractivity contribution in [3.05, 3.63) is 70.5 Å². The summed E-state index contributed by atoms with van der Waals surface area (Å²) in [5.74, 6) is 2.30. The topological polar surface area (TPSA) is 70.5 Å². The van der Waals surface area contributed by atoms with Crippen LogP contribution in [0.5, 0.6) is 11.5 Å². The minimum absolute atomic E-state index is 0.00243. The molecule has 0 N–H and O–H groups in total. The fraction of sp³-hybridized carbons (Fsp3) is 0.346. The van der Waals surface area contributed by atoms with Gasteiger partial charge in [-0.05, 0) is 41.3 Å². The first-order valence-electron chi connectivity index (χ1n) is 11.7. The van der Waals surface area contributed by atoms with E-state index in [0.29, 0.717) is 24.5 Å². The number of methoxy groups -OCH3 is 2. The van der Waals surface area contributed by atoms with E-state index in [9.17, 15) is 4.79 Å². The molecular weight excluding hydrogens is 462 g/mol. The van der Waals surface area contributed by atoms with Gasteiger partial charge < -0.3 is 14.4 Å². The monoisotopic (exact) mass is 491 g/mol. The Kier molecular flexibility index (Phi) is 6.96. The maximum absolute atomic E-state index is 13.5. The van der Waals surface area contributed by atoms with E-state index in [2.05, 4.69) is 20.9 Å². The van der Waals surface area contributed by atoms with Crippen molar-refractivity contribution in [1.82, 2.24) is 14.9 Å². The number of piperazine rings is 1. The highest BCUT2D eigenvalue weighted by molar-refractivity contribution is 7.12. The van der Waals surface area contributed by atoms with Crippen molar-refractivity contribution in [3.8, 4) is 11.5 Å². The molecule has 4 heterocycles. The molecular formula is C26H29N5O3S. The fourth-order valence-electron chi connectivity index (χ4n) is 4.59. The lowest BCUT2D eigenvalue weighted by atomic mass is 10.0. The van der Waals surface area contributed by atoms with Crippen molar-refractivity contribution in [2.45, 2.75) is 12.5 Å². The smallest absolute Gasteiger partial charge is 0.257 e. The second-order valence-corrected chi connectivity index (χ2v) is 9.50. The first kappa shape index (κ1) is 23.3. The molecule has 0 bridgehead atoms. The zero-order chi connectivity index (χ0) is 24.2. The third-order valence-corrected chi connectivity index (χ3v) is 7.39. The molecule has 0 spiro atoms. The summed E-state index contributed by atoms with van der Waals surface area (Å²) in [5.41, 5.74) is 1.92. The first-order chi connectivity index (χ1) is 17.2. The lowest BCUT2D eigenvalue weighted by Gasteiger charge is -2.35. The maximum Gasteiger partial charge on any atom is 0.257 e. The average Bonchev–Trinajstić information content (AvgIpc) is 3.60. The Morgan fingerprint density at radius 1 is 1.03 bits per heavy atom. The molecule has 35 heavy (non-hydrogen) atoms. The highest BCUT2D eigenvalue weighted by Gasteiger charge is 2.35. The van der Waals surface area contributed by atoms with Gasteiger partial charge >= 0.3 is 0 Å². The van der Waals surface area contributed by atoms with E-state index in [1.54, 1.807) is 30.6 Å². The van der Waals surface area contributed by atoms with Crippen LogP contribution >= 0.6 is 11.3 Å². The van der Waals surface area contributed by atoms with Crippen molar-refractivity contribution in [2.75, 3.05) is 51.8 Å². The lowest BCUT2D eigenvalue weighted by molar-refractivity contribution is -0.134. The summed E-state index contributed by atoms with van der Waals surface area (Å²) in [4.78, 5) is 23.5. The van der Waals surface area contributed by atoms with Crippen LogP contribution in [0.15, 0.2) is 65.2 Å². The molecule has 9 heteroatoms. The van der Waals surface area contributed by atoms with Gasteiger partial charge in [-0.25, -0.2) is 9.99 Å². The largest absolute Gasteiger partial charge is 0.493 e.